The predicted octanol–water partition coefficient (Wildman–Crippen LogP) is 5.64. The summed E-state index contributed by atoms with van der Waals surface area (Å²) >= 11 is 2.09. The van der Waals surface area contributed by atoms with Crippen LogP contribution in [0.5, 0.6) is 11.5 Å². The second-order valence-corrected chi connectivity index (χ2v) is 9.28. The van der Waals surface area contributed by atoms with Gasteiger partial charge in [-0.05, 0) is 89.0 Å². The number of anilines is 1. The van der Waals surface area contributed by atoms with Crippen molar-refractivity contribution in [2.45, 2.75) is 26.9 Å². The Bertz CT molecular complexity index is 1390. The fourth-order valence-corrected chi connectivity index (χ4v) is 4.66. The largest absolute Gasteiger partial charge is 0.490 e. The monoisotopic (exact) mass is 614 g/mol. The first-order valence-corrected chi connectivity index (χ1v) is 12.7. The van der Waals surface area contributed by atoms with Crippen LogP contribution in [0.25, 0.3) is 6.08 Å². The number of nitrogens with one attached hydrogen (secondary N) is 1. The highest BCUT2D eigenvalue weighted by Gasteiger charge is 2.37. The summed E-state index contributed by atoms with van der Waals surface area (Å²) in [5.74, 6) is -0.895. The molecule has 7 nitrogen and oxygen atoms in total. The van der Waals surface area contributed by atoms with Gasteiger partial charge in [-0.2, -0.15) is 0 Å². The number of benzene rings is 3. The molecule has 0 bridgehead atoms. The van der Waals surface area contributed by atoms with Crippen LogP contribution in [0.4, 0.5) is 14.9 Å². The van der Waals surface area contributed by atoms with Gasteiger partial charge in [-0.15, -0.1) is 0 Å². The van der Waals surface area contributed by atoms with E-state index in [1.165, 1.54) is 18.2 Å². The second kappa shape index (κ2) is 11.5. The van der Waals surface area contributed by atoms with Crippen molar-refractivity contribution in [3.05, 3.63) is 92.3 Å². The van der Waals surface area contributed by atoms with E-state index < -0.39 is 17.8 Å². The number of hydrogen-bond acceptors (Lipinski definition) is 5. The zero-order valence-corrected chi connectivity index (χ0v) is 22.4. The van der Waals surface area contributed by atoms with Gasteiger partial charge in [0.15, 0.2) is 11.5 Å². The smallest absolute Gasteiger partial charge is 0.335 e. The van der Waals surface area contributed by atoms with E-state index in [0.717, 1.165) is 16.0 Å². The Morgan fingerprint density at radius 3 is 2.43 bits per heavy atom. The third-order valence-corrected chi connectivity index (χ3v) is 6.46. The Hall–Kier alpha value is -3.73. The lowest BCUT2D eigenvalue weighted by atomic mass is 10.0. The zero-order chi connectivity index (χ0) is 26.5. The van der Waals surface area contributed by atoms with Crippen molar-refractivity contribution < 1.29 is 28.2 Å². The maximum absolute atomic E-state index is 13.4. The van der Waals surface area contributed by atoms with Gasteiger partial charge in [-0.1, -0.05) is 37.3 Å². The summed E-state index contributed by atoms with van der Waals surface area (Å²) in [6, 6.07) is 15.7. The van der Waals surface area contributed by atoms with E-state index in [1.54, 1.807) is 36.4 Å². The molecule has 9 heteroatoms. The van der Waals surface area contributed by atoms with Crippen molar-refractivity contribution in [2.24, 2.45) is 0 Å². The fraction of sp³-hybridized carbons (Fsp3) is 0.179. The zero-order valence-electron chi connectivity index (χ0n) is 20.2. The van der Waals surface area contributed by atoms with E-state index >= 15 is 0 Å². The van der Waals surface area contributed by atoms with Gasteiger partial charge in [0.1, 0.15) is 18.0 Å². The van der Waals surface area contributed by atoms with Crippen LogP contribution >= 0.6 is 22.6 Å². The van der Waals surface area contributed by atoms with E-state index in [9.17, 15) is 18.8 Å². The van der Waals surface area contributed by atoms with Gasteiger partial charge in [0, 0.05) is 0 Å². The number of para-hydroxylation sites is 1. The molecular formula is C28H24FIN2O5. The summed E-state index contributed by atoms with van der Waals surface area (Å²) in [5.41, 5.74) is 2.37. The van der Waals surface area contributed by atoms with Crippen LogP contribution in [-0.2, 0) is 22.6 Å². The molecule has 3 aromatic rings. The molecule has 0 saturated carbocycles. The lowest BCUT2D eigenvalue weighted by Crippen LogP contribution is -2.54. The number of carbonyl (C=O) groups excluding carboxylic acids is 3. The fourth-order valence-electron chi connectivity index (χ4n) is 3.88. The molecule has 0 radical (unpaired) electrons. The van der Waals surface area contributed by atoms with Crippen molar-refractivity contribution >= 4 is 52.2 Å². The van der Waals surface area contributed by atoms with Crippen LogP contribution in [0, 0.1) is 9.39 Å². The molecular weight excluding hydrogens is 590 g/mol. The van der Waals surface area contributed by atoms with Crippen LogP contribution in [0.15, 0.2) is 66.2 Å². The molecule has 1 fully saturated rings. The number of hydrogen-bond donors (Lipinski definition) is 1. The van der Waals surface area contributed by atoms with E-state index in [0.29, 0.717) is 39.3 Å². The van der Waals surface area contributed by atoms with Crippen molar-refractivity contribution in [3.8, 4) is 11.5 Å². The van der Waals surface area contributed by atoms with Crippen LogP contribution < -0.4 is 19.7 Å². The molecule has 4 rings (SSSR count). The summed E-state index contributed by atoms with van der Waals surface area (Å²) in [7, 11) is 0. The number of halogens is 2. The Balaban J connectivity index is 1.67. The molecule has 1 saturated heterocycles. The molecule has 1 aliphatic heterocycles. The minimum atomic E-state index is -0.790. The number of barbiturate groups is 1. The van der Waals surface area contributed by atoms with E-state index in [-0.39, 0.29) is 18.0 Å². The summed E-state index contributed by atoms with van der Waals surface area (Å²) in [6.45, 7) is 4.31. The number of rotatable bonds is 8. The number of aryl methyl sites for hydroxylation is 1. The van der Waals surface area contributed by atoms with Crippen molar-refractivity contribution in [3.63, 3.8) is 0 Å². The molecule has 4 amide bonds. The molecule has 0 unspecified atom stereocenters. The van der Waals surface area contributed by atoms with E-state index in [2.05, 4.69) is 27.9 Å². The van der Waals surface area contributed by atoms with Gasteiger partial charge < -0.3 is 9.47 Å². The average Bonchev–Trinajstić information content (AvgIpc) is 2.87. The average molecular weight is 614 g/mol. The summed E-state index contributed by atoms with van der Waals surface area (Å²) in [4.78, 5) is 39.6. The van der Waals surface area contributed by atoms with Crippen LogP contribution in [0.2, 0.25) is 0 Å². The SMILES string of the molecule is CCOc1cc(/C=C2/C(=O)NC(=O)N(c3ccccc3CC)C2=O)cc(I)c1OCc1ccc(F)cc1. The van der Waals surface area contributed by atoms with Crippen molar-refractivity contribution in [1.82, 2.24) is 5.32 Å². The standard InChI is InChI=1S/C28H24FIN2O5/c1-3-19-7-5-6-8-23(19)32-27(34)21(26(33)31-28(32)35)13-18-14-22(30)25(24(15-18)36-4-2)37-16-17-9-11-20(29)12-10-17/h5-15H,3-4,16H2,1-2H3,(H,31,33,35)/b21-13-. The quantitative estimate of drug-likeness (QED) is 0.202. The van der Waals surface area contributed by atoms with Gasteiger partial charge >= 0.3 is 6.03 Å². The van der Waals surface area contributed by atoms with Crippen LogP contribution in [0.3, 0.4) is 0 Å². The highest BCUT2D eigenvalue weighted by molar-refractivity contribution is 14.1. The predicted molar refractivity (Wildman–Crippen MR) is 146 cm³/mol. The molecule has 0 atom stereocenters. The first-order chi connectivity index (χ1) is 17.8. The molecule has 1 heterocycles. The number of ether oxygens (including phenoxy) is 2. The van der Waals surface area contributed by atoms with Crippen molar-refractivity contribution in [1.29, 1.82) is 0 Å². The lowest BCUT2D eigenvalue weighted by molar-refractivity contribution is -0.122. The van der Waals surface area contributed by atoms with Crippen LogP contribution in [0.1, 0.15) is 30.5 Å². The Labute approximate surface area is 227 Å². The molecule has 1 N–H and O–H groups in total. The number of carbonyl (C=O) groups is 3. The number of imide groups is 2. The van der Waals surface area contributed by atoms with E-state index in [4.69, 9.17) is 9.47 Å². The second-order valence-electron chi connectivity index (χ2n) is 8.12. The number of urea groups is 1. The minimum Gasteiger partial charge on any atom is -0.490 e. The van der Waals surface area contributed by atoms with E-state index in [1.807, 2.05) is 26.0 Å². The maximum atomic E-state index is 13.4. The summed E-state index contributed by atoms with van der Waals surface area (Å²) in [6.07, 6.45) is 2.04. The maximum Gasteiger partial charge on any atom is 0.335 e. The third kappa shape index (κ3) is 5.82. The van der Waals surface area contributed by atoms with Gasteiger partial charge in [0.05, 0.1) is 15.9 Å². The number of nitrogens with zero attached hydrogens (tertiary/aromatic N) is 1. The highest BCUT2D eigenvalue weighted by atomic mass is 127. The molecule has 3 aromatic carbocycles. The molecule has 1 aliphatic rings. The van der Waals surface area contributed by atoms with Gasteiger partial charge in [0.2, 0.25) is 0 Å². The number of amides is 4. The summed E-state index contributed by atoms with van der Waals surface area (Å²) in [5, 5.41) is 2.26. The normalized spacial score (nSPS) is 14.6. The Morgan fingerprint density at radius 2 is 1.73 bits per heavy atom. The molecule has 0 aliphatic carbocycles. The highest BCUT2D eigenvalue weighted by Crippen LogP contribution is 2.36. The summed E-state index contributed by atoms with van der Waals surface area (Å²) < 4.78 is 25.6. The van der Waals surface area contributed by atoms with Crippen molar-refractivity contribution in [2.75, 3.05) is 11.5 Å². The molecule has 190 valence electrons. The molecule has 37 heavy (non-hydrogen) atoms. The lowest BCUT2D eigenvalue weighted by Gasteiger charge is -2.28. The first-order valence-electron chi connectivity index (χ1n) is 11.6. The molecule has 0 spiro atoms. The van der Waals surface area contributed by atoms with Crippen LogP contribution in [-0.4, -0.2) is 24.5 Å². The first kappa shape index (κ1) is 26.3. The Morgan fingerprint density at radius 1 is 1.00 bits per heavy atom. The van der Waals surface area contributed by atoms with Gasteiger partial charge in [-0.3, -0.25) is 14.9 Å². The third-order valence-electron chi connectivity index (χ3n) is 5.65. The Kier molecular flexibility index (Phi) is 8.22. The van der Waals surface area contributed by atoms with Gasteiger partial charge in [-0.25, -0.2) is 14.1 Å². The minimum absolute atomic E-state index is 0.177. The topological polar surface area (TPSA) is 84.9 Å². The molecule has 0 aromatic heterocycles. The van der Waals surface area contributed by atoms with Gasteiger partial charge in [0.25, 0.3) is 11.8 Å².